The highest BCUT2D eigenvalue weighted by Crippen LogP contribution is 1.95. The molecule has 0 saturated carbocycles. The highest BCUT2D eigenvalue weighted by Gasteiger charge is 2.11. The Morgan fingerprint density at radius 2 is 1.61 bits per heavy atom. The Kier molecular flexibility index (Phi) is 5.42. The van der Waals surface area contributed by atoms with Crippen molar-refractivity contribution in [3.63, 3.8) is 0 Å². The normalized spacial score (nSPS) is 9.61. The molecule has 0 radical (unpaired) electrons. The average molecular weight is 247 g/mol. The summed E-state index contributed by atoms with van der Waals surface area (Å²) in [6, 6.07) is 9.20. The van der Waals surface area contributed by atoms with Crippen molar-refractivity contribution in [3.8, 4) is 11.8 Å². The predicted octanol–water partition coefficient (Wildman–Crippen LogP) is 0.509. The molecule has 5 heteroatoms. The van der Waals surface area contributed by atoms with Gasteiger partial charge in [0.05, 0.1) is 19.6 Å². The van der Waals surface area contributed by atoms with Gasteiger partial charge in [0.25, 0.3) is 0 Å². The van der Waals surface area contributed by atoms with Gasteiger partial charge in [0, 0.05) is 5.56 Å². The van der Waals surface area contributed by atoms with E-state index in [1.807, 2.05) is 30.3 Å². The molecular formula is C13H13NO4. The Morgan fingerprint density at radius 3 is 2.11 bits per heavy atom. The Bertz CT molecular complexity index is 457. The highest BCUT2D eigenvalue weighted by atomic mass is 16.4. The van der Waals surface area contributed by atoms with Gasteiger partial charge in [0.2, 0.25) is 0 Å². The van der Waals surface area contributed by atoms with E-state index in [-0.39, 0.29) is 19.6 Å². The van der Waals surface area contributed by atoms with Crippen LogP contribution in [0.15, 0.2) is 30.3 Å². The lowest BCUT2D eigenvalue weighted by molar-refractivity contribution is -0.141. The van der Waals surface area contributed by atoms with Crippen LogP contribution in [-0.4, -0.2) is 46.7 Å². The van der Waals surface area contributed by atoms with Gasteiger partial charge in [-0.25, -0.2) is 0 Å². The summed E-state index contributed by atoms with van der Waals surface area (Å²) in [6.45, 7) is -0.570. The number of rotatable bonds is 5. The monoisotopic (exact) mass is 247 g/mol. The molecule has 0 spiro atoms. The van der Waals surface area contributed by atoms with E-state index < -0.39 is 11.9 Å². The average Bonchev–Trinajstić information content (AvgIpc) is 2.28. The molecule has 0 unspecified atom stereocenters. The van der Waals surface area contributed by atoms with Crippen molar-refractivity contribution in [2.45, 2.75) is 0 Å². The van der Waals surface area contributed by atoms with Crippen LogP contribution in [0.2, 0.25) is 0 Å². The first kappa shape index (κ1) is 13.7. The molecule has 18 heavy (non-hydrogen) atoms. The van der Waals surface area contributed by atoms with Crippen molar-refractivity contribution in [2.24, 2.45) is 0 Å². The van der Waals surface area contributed by atoms with E-state index in [4.69, 9.17) is 10.2 Å². The molecule has 1 aromatic carbocycles. The van der Waals surface area contributed by atoms with Gasteiger partial charge in [-0.1, -0.05) is 30.0 Å². The predicted molar refractivity (Wildman–Crippen MR) is 65.0 cm³/mol. The first-order valence-electron chi connectivity index (χ1n) is 5.28. The van der Waals surface area contributed by atoms with Gasteiger partial charge in [-0.15, -0.1) is 0 Å². The van der Waals surface area contributed by atoms with Crippen molar-refractivity contribution in [3.05, 3.63) is 35.9 Å². The second-order valence-corrected chi connectivity index (χ2v) is 3.60. The molecule has 0 aliphatic rings. The summed E-state index contributed by atoms with van der Waals surface area (Å²) in [4.78, 5) is 22.3. The molecule has 0 bridgehead atoms. The molecule has 5 nitrogen and oxygen atoms in total. The van der Waals surface area contributed by atoms with Crippen LogP contribution >= 0.6 is 0 Å². The Hall–Kier alpha value is -2.32. The molecule has 2 N–H and O–H groups in total. The fourth-order valence-corrected chi connectivity index (χ4v) is 1.33. The van der Waals surface area contributed by atoms with Crippen molar-refractivity contribution in [1.82, 2.24) is 4.90 Å². The van der Waals surface area contributed by atoms with E-state index in [0.29, 0.717) is 0 Å². The van der Waals surface area contributed by atoms with Crippen molar-refractivity contribution >= 4 is 11.9 Å². The second kappa shape index (κ2) is 7.09. The zero-order chi connectivity index (χ0) is 13.4. The van der Waals surface area contributed by atoms with Gasteiger partial charge < -0.3 is 10.2 Å². The first-order chi connectivity index (χ1) is 8.58. The zero-order valence-electron chi connectivity index (χ0n) is 9.67. The highest BCUT2D eigenvalue weighted by molar-refractivity contribution is 5.72. The van der Waals surface area contributed by atoms with Crippen LogP contribution in [0.25, 0.3) is 0 Å². The molecular weight excluding hydrogens is 234 g/mol. The summed E-state index contributed by atoms with van der Waals surface area (Å²) in [5.74, 6) is 3.46. The summed E-state index contributed by atoms with van der Waals surface area (Å²) < 4.78 is 0. The number of carboxylic acids is 2. The van der Waals surface area contributed by atoms with E-state index in [1.54, 1.807) is 0 Å². The van der Waals surface area contributed by atoms with Crippen LogP contribution in [0.3, 0.4) is 0 Å². The van der Waals surface area contributed by atoms with Crippen molar-refractivity contribution < 1.29 is 19.8 Å². The number of hydrogen-bond donors (Lipinski definition) is 2. The van der Waals surface area contributed by atoms with E-state index in [1.165, 1.54) is 4.90 Å². The molecule has 0 heterocycles. The Balaban J connectivity index is 2.59. The van der Waals surface area contributed by atoms with Crippen LogP contribution < -0.4 is 0 Å². The van der Waals surface area contributed by atoms with Gasteiger partial charge in [-0.3, -0.25) is 14.5 Å². The third-order valence-corrected chi connectivity index (χ3v) is 2.03. The number of nitrogens with zero attached hydrogens (tertiary/aromatic N) is 1. The number of benzene rings is 1. The van der Waals surface area contributed by atoms with Gasteiger partial charge in [-0.2, -0.15) is 0 Å². The third-order valence-electron chi connectivity index (χ3n) is 2.03. The van der Waals surface area contributed by atoms with Crippen LogP contribution in [0.1, 0.15) is 5.56 Å². The first-order valence-corrected chi connectivity index (χ1v) is 5.28. The van der Waals surface area contributed by atoms with Crippen molar-refractivity contribution in [2.75, 3.05) is 19.6 Å². The largest absolute Gasteiger partial charge is 0.480 e. The van der Waals surface area contributed by atoms with Gasteiger partial charge in [0.15, 0.2) is 0 Å². The minimum absolute atomic E-state index is 0.105. The minimum Gasteiger partial charge on any atom is -0.480 e. The van der Waals surface area contributed by atoms with Crippen LogP contribution in [0.4, 0.5) is 0 Å². The van der Waals surface area contributed by atoms with E-state index in [9.17, 15) is 9.59 Å². The van der Waals surface area contributed by atoms with E-state index in [2.05, 4.69) is 11.8 Å². The molecule has 0 amide bonds. The smallest absolute Gasteiger partial charge is 0.317 e. The quantitative estimate of drug-likeness (QED) is 0.741. The summed E-state index contributed by atoms with van der Waals surface area (Å²) >= 11 is 0. The molecule has 1 rings (SSSR count). The molecule has 0 atom stereocenters. The molecule has 94 valence electrons. The summed E-state index contributed by atoms with van der Waals surface area (Å²) in [7, 11) is 0. The molecule has 0 aliphatic heterocycles. The Labute approximate surface area is 105 Å². The lowest BCUT2D eigenvalue weighted by Gasteiger charge is -2.13. The molecule has 0 saturated heterocycles. The number of carboxylic acid groups (broad SMARTS) is 2. The maximum absolute atomic E-state index is 10.5. The van der Waals surface area contributed by atoms with Crippen LogP contribution in [0, 0.1) is 11.8 Å². The SMILES string of the molecule is O=C(O)CN(CC#Cc1ccccc1)CC(=O)O. The number of hydrogen-bond acceptors (Lipinski definition) is 3. The fraction of sp³-hybridized carbons (Fsp3) is 0.231. The summed E-state index contributed by atoms with van der Waals surface area (Å²) in [5.41, 5.74) is 0.808. The maximum atomic E-state index is 10.5. The van der Waals surface area contributed by atoms with Gasteiger partial charge in [-0.05, 0) is 12.1 Å². The maximum Gasteiger partial charge on any atom is 0.317 e. The molecule has 0 aromatic heterocycles. The second-order valence-electron chi connectivity index (χ2n) is 3.60. The van der Waals surface area contributed by atoms with Gasteiger partial charge >= 0.3 is 11.9 Å². The lowest BCUT2D eigenvalue weighted by Crippen LogP contribution is -2.34. The van der Waals surface area contributed by atoms with E-state index in [0.717, 1.165) is 5.56 Å². The summed E-state index contributed by atoms with van der Waals surface area (Å²) in [5, 5.41) is 17.3. The molecule has 1 aromatic rings. The third kappa shape index (κ3) is 5.68. The molecule has 0 fully saturated rings. The van der Waals surface area contributed by atoms with Crippen LogP contribution in [0.5, 0.6) is 0 Å². The minimum atomic E-state index is -1.07. The molecule has 0 aliphatic carbocycles. The van der Waals surface area contributed by atoms with Crippen LogP contribution in [-0.2, 0) is 9.59 Å². The number of aliphatic carboxylic acids is 2. The van der Waals surface area contributed by atoms with E-state index >= 15 is 0 Å². The number of carbonyl (C=O) groups is 2. The van der Waals surface area contributed by atoms with Crippen molar-refractivity contribution in [1.29, 1.82) is 0 Å². The summed E-state index contributed by atoms with van der Waals surface area (Å²) in [6.07, 6.45) is 0. The zero-order valence-corrected chi connectivity index (χ0v) is 9.67. The lowest BCUT2D eigenvalue weighted by atomic mass is 10.2. The topological polar surface area (TPSA) is 77.8 Å². The standard InChI is InChI=1S/C13H13NO4/c15-12(16)9-14(10-13(17)18)8-4-7-11-5-2-1-3-6-11/h1-3,5-6H,8-10H2,(H,15,16)(H,17,18). The fourth-order valence-electron chi connectivity index (χ4n) is 1.33. The Morgan fingerprint density at radius 1 is 1.06 bits per heavy atom. The van der Waals surface area contributed by atoms with Gasteiger partial charge in [0.1, 0.15) is 0 Å².